The number of hydrogen-bond donors (Lipinski definition) is 2. The van der Waals surface area contributed by atoms with Crippen molar-refractivity contribution < 1.29 is 19.2 Å². The Hall–Kier alpha value is -4.40. The van der Waals surface area contributed by atoms with Crippen LogP contribution in [0.5, 0.6) is 0 Å². The van der Waals surface area contributed by atoms with Crippen molar-refractivity contribution in [3.8, 4) is 0 Å². The van der Waals surface area contributed by atoms with E-state index in [-0.39, 0.29) is 23.6 Å². The first-order valence-electron chi connectivity index (χ1n) is 21.8. The largest absolute Gasteiger partial charge is 0.330 e. The predicted octanol–water partition coefficient (Wildman–Crippen LogP) is 10.6. The number of nitrogens with two attached hydrogens (primary N) is 2. The van der Waals surface area contributed by atoms with Crippen LogP contribution in [0.2, 0.25) is 0 Å². The lowest BCUT2D eigenvalue weighted by Gasteiger charge is -2.30. The highest BCUT2D eigenvalue weighted by Gasteiger charge is 2.36. The molecule has 0 fully saturated rings. The summed E-state index contributed by atoms with van der Waals surface area (Å²) in [7, 11) is 0. The molecular weight excluding hydrogens is 697 g/mol. The summed E-state index contributed by atoms with van der Waals surface area (Å²) in [5.74, 6) is -0.926. The molecular formula is C48H60N4O4. The van der Waals surface area contributed by atoms with Crippen molar-refractivity contribution >= 4 is 66.7 Å². The van der Waals surface area contributed by atoms with Gasteiger partial charge in [0.1, 0.15) is 0 Å². The second-order valence-corrected chi connectivity index (χ2v) is 16.3. The van der Waals surface area contributed by atoms with E-state index in [1.54, 1.807) is 0 Å². The minimum Gasteiger partial charge on any atom is -0.330 e. The first kappa shape index (κ1) is 39.8. The summed E-state index contributed by atoms with van der Waals surface area (Å²) in [6.07, 6.45) is 22.9. The summed E-state index contributed by atoms with van der Waals surface area (Å²) in [5.41, 5.74) is 13.4. The fourth-order valence-corrected chi connectivity index (χ4v) is 9.43. The third-order valence-electron chi connectivity index (χ3n) is 12.5. The third-order valence-corrected chi connectivity index (χ3v) is 12.5. The van der Waals surface area contributed by atoms with E-state index in [1.165, 1.54) is 86.8 Å². The van der Waals surface area contributed by atoms with Crippen molar-refractivity contribution in [2.45, 2.75) is 128 Å². The minimum absolute atomic E-state index is 0.231. The van der Waals surface area contributed by atoms with Gasteiger partial charge in [0, 0.05) is 46.1 Å². The zero-order valence-corrected chi connectivity index (χ0v) is 33.3. The Bertz CT molecular complexity index is 1930. The van der Waals surface area contributed by atoms with Gasteiger partial charge in [0.25, 0.3) is 23.6 Å². The molecule has 7 rings (SSSR count). The Morgan fingerprint density at radius 1 is 0.304 bits per heavy atom. The maximum Gasteiger partial charge on any atom is 0.261 e. The van der Waals surface area contributed by atoms with Crippen LogP contribution in [0.15, 0.2) is 48.5 Å². The van der Waals surface area contributed by atoms with E-state index in [0.29, 0.717) is 46.1 Å². The number of benzene rings is 5. The maximum absolute atomic E-state index is 13.9. The standard InChI is InChI=1S/C48H60N4O4/c49-29-17-13-9-5-1-3-7-11-15-19-31-51-45(53)37-25-21-33-35-23-27-39-44-40(28-24-36(42(35)44)34-22-26-38(46(51)54)43(37)41(33)34)48(56)52(47(39)55)32-20-16-12-8-4-2-6-10-14-18-30-50/h21-28H,1-20,29-32,49-50H2. The summed E-state index contributed by atoms with van der Waals surface area (Å²) in [5, 5.41) is 6.87. The summed E-state index contributed by atoms with van der Waals surface area (Å²) < 4.78 is 0. The second-order valence-electron chi connectivity index (χ2n) is 16.3. The number of amides is 4. The molecule has 0 unspecified atom stereocenters. The molecule has 0 aliphatic carbocycles. The first-order chi connectivity index (χ1) is 27.5. The molecule has 0 aromatic heterocycles. The highest BCUT2D eigenvalue weighted by Crippen LogP contribution is 2.46. The molecule has 0 saturated carbocycles. The Kier molecular flexibility index (Phi) is 13.3. The molecule has 2 aliphatic rings. The molecule has 56 heavy (non-hydrogen) atoms. The van der Waals surface area contributed by atoms with Crippen LogP contribution in [0.3, 0.4) is 0 Å². The van der Waals surface area contributed by atoms with Gasteiger partial charge in [-0.05, 0) is 95.4 Å². The summed E-state index contributed by atoms with van der Waals surface area (Å²) in [6, 6.07) is 15.4. The molecule has 8 nitrogen and oxygen atoms in total. The fraction of sp³-hybridized carbons (Fsp3) is 0.500. The van der Waals surface area contributed by atoms with Crippen LogP contribution < -0.4 is 11.5 Å². The SMILES string of the molecule is NCCCCCCCCCCCCN1C(=O)c2ccc3c4ccc5c6c(ccc(c7ccc(c2c37)C1=O)c64)C(=O)N(CCCCCCCCCCCCN)C5=O. The first-order valence-corrected chi connectivity index (χ1v) is 21.8. The highest BCUT2D eigenvalue weighted by molar-refractivity contribution is 6.41. The van der Waals surface area contributed by atoms with Crippen LogP contribution in [0.4, 0.5) is 0 Å². The second kappa shape index (κ2) is 18.7. The average Bonchev–Trinajstić information content (AvgIpc) is 3.21. The lowest BCUT2D eigenvalue weighted by molar-refractivity contribution is 0.0592. The Morgan fingerprint density at radius 3 is 0.786 bits per heavy atom. The van der Waals surface area contributed by atoms with Crippen molar-refractivity contribution in [3.63, 3.8) is 0 Å². The van der Waals surface area contributed by atoms with Crippen molar-refractivity contribution in [1.82, 2.24) is 9.80 Å². The highest BCUT2D eigenvalue weighted by atomic mass is 16.2. The van der Waals surface area contributed by atoms with Gasteiger partial charge in [0.05, 0.1) is 0 Å². The molecule has 4 amide bonds. The van der Waals surface area contributed by atoms with Gasteiger partial charge in [-0.3, -0.25) is 29.0 Å². The number of carbonyl (C=O) groups excluding carboxylic acids is 4. The van der Waals surface area contributed by atoms with Crippen molar-refractivity contribution in [2.75, 3.05) is 26.2 Å². The lowest BCUT2D eigenvalue weighted by atomic mass is 9.82. The normalized spacial score (nSPS) is 14.2. The van der Waals surface area contributed by atoms with Crippen LogP contribution in [-0.2, 0) is 0 Å². The topological polar surface area (TPSA) is 127 Å². The van der Waals surface area contributed by atoms with Gasteiger partial charge in [0.15, 0.2) is 0 Å². The summed E-state index contributed by atoms with van der Waals surface area (Å²) >= 11 is 0. The molecule has 0 radical (unpaired) electrons. The van der Waals surface area contributed by atoms with Gasteiger partial charge in [-0.1, -0.05) is 127 Å². The van der Waals surface area contributed by atoms with Crippen molar-refractivity contribution in [3.05, 3.63) is 70.8 Å². The number of fused-ring (bicyclic) bond motifs is 2. The number of imide groups is 2. The zero-order valence-electron chi connectivity index (χ0n) is 33.3. The lowest BCUT2D eigenvalue weighted by Crippen LogP contribution is -2.41. The van der Waals surface area contributed by atoms with Crippen LogP contribution >= 0.6 is 0 Å². The van der Waals surface area contributed by atoms with Gasteiger partial charge in [-0.25, -0.2) is 0 Å². The van der Waals surface area contributed by atoms with Crippen molar-refractivity contribution in [1.29, 1.82) is 0 Å². The Balaban J connectivity index is 1.04. The average molecular weight is 757 g/mol. The number of unbranched alkanes of at least 4 members (excludes halogenated alkanes) is 18. The predicted molar refractivity (Wildman–Crippen MR) is 229 cm³/mol. The number of carbonyl (C=O) groups is 4. The number of hydrogen-bond acceptors (Lipinski definition) is 6. The van der Waals surface area contributed by atoms with Crippen LogP contribution in [0.1, 0.15) is 170 Å². The van der Waals surface area contributed by atoms with Crippen LogP contribution in [0, 0.1) is 0 Å². The number of nitrogens with zero attached hydrogens (tertiary/aromatic N) is 2. The smallest absolute Gasteiger partial charge is 0.261 e. The van der Waals surface area contributed by atoms with Gasteiger partial charge in [-0.2, -0.15) is 0 Å². The van der Waals surface area contributed by atoms with E-state index in [1.807, 2.05) is 48.5 Å². The van der Waals surface area contributed by atoms with Gasteiger partial charge >= 0.3 is 0 Å². The van der Waals surface area contributed by atoms with E-state index in [2.05, 4.69) is 0 Å². The Morgan fingerprint density at radius 2 is 0.536 bits per heavy atom. The van der Waals surface area contributed by atoms with E-state index < -0.39 is 0 Å². The molecule has 5 aromatic rings. The van der Waals surface area contributed by atoms with Crippen molar-refractivity contribution in [2.24, 2.45) is 11.5 Å². The molecule has 8 heteroatoms. The molecule has 2 heterocycles. The van der Waals surface area contributed by atoms with Crippen LogP contribution in [0.25, 0.3) is 43.1 Å². The summed E-state index contributed by atoms with van der Waals surface area (Å²) in [4.78, 5) is 58.6. The van der Waals surface area contributed by atoms with E-state index in [0.717, 1.165) is 96.8 Å². The maximum atomic E-state index is 13.9. The van der Waals surface area contributed by atoms with Gasteiger partial charge in [0.2, 0.25) is 0 Å². The zero-order chi connectivity index (χ0) is 39.0. The third kappa shape index (κ3) is 7.92. The quantitative estimate of drug-likeness (QED) is 0.0279. The van der Waals surface area contributed by atoms with E-state index in [9.17, 15) is 19.2 Å². The van der Waals surface area contributed by atoms with E-state index in [4.69, 9.17) is 11.5 Å². The minimum atomic E-state index is -0.231. The Labute approximate surface area is 331 Å². The molecule has 296 valence electrons. The molecule has 0 atom stereocenters. The molecule has 2 aliphatic heterocycles. The van der Waals surface area contributed by atoms with E-state index >= 15 is 0 Å². The van der Waals surface area contributed by atoms with Gasteiger partial charge in [-0.15, -0.1) is 0 Å². The molecule has 5 aromatic carbocycles. The summed E-state index contributed by atoms with van der Waals surface area (Å²) in [6.45, 7) is 2.40. The monoisotopic (exact) mass is 756 g/mol. The molecule has 4 N–H and O–H groups in total. The fourth-order valence-electron chi connectivity index (χ4n) is 9.43. The molecule has 0 spiro atoms. The molecule has 0 bridgehead atoms. The van der Waals surface area contributed by atoms with Crippen LogP contribution in [-0.4, -0.2) is 59.6 Å². The van der Waals surface area contributed by atoms with Gasteiger partial charge < -0.3 is 11.5 Å². The number of rotatable bonds is 24. The molecule has 0 saturated heterocycles.